The van der Waals surface area contributed by atoms with E-state index in [9.17, 15) is 4.79 Å². The van der Waals surface area contributed by atoms with Crippen LogP contribution in [0.25, 0.3) is 5.82 Å². The van der Waals surface area contributed by atoms with Crippen molar-refractivity contribution in [1.82, 2.24) is 24.6 Å². The summed E-state index contributed by atoms with van der Waals surface area (Å²) in [6.45, 7) is 4.59. The Morgan fingerprint density at radius 1 is 0.969 bits per heavy atom. The van der Waals surface area contributed by atoms with Crippen LogP contribution in [0.1, 0.15) is 33.0 Å². The summed E-state index contributed by atoms with van der Waals surface area (Å²) in [5.41, 5.74) is 4.02. The van der Waals surface area contributed by atoms with Gasteiger partial charge in [-0.2, -0.15) is 5.10 Å². The topological polar surface area (TPSA) is 63.9 Å². The Bertz CT molecular complexity index is 1240. The van der Waals surface area contributed by atoms with E-state index in [4.69, 9.17) is 23.2 Å². The Balaban J connectivity index is 1.61. The van der Waals surface area contributed by atoms with Gasteiger partial charge in [-0.25, -0.2) is 9.67 Å². The van der Waals surface area contributed by atoms with Crippen molar-refractivity contribution in [3.05, 3.63) is 105 Å². The van der Waals surface area contributed by atoms with Crippen molar-refractivity contribution in [3.8, 4) is 5.82 Å². The zero-order valence-corrected chi connectivity index (χ0v) is 19.2. The minimum atomic E-state index is -0.158. The number of hydrogen-bond donors (Lipinski definition) is 0. The first kappa shape index (κ1) is 22.0. The standard InChI is InChI=1S/C24H21Cl2N5O/c1-16-11-17(2)31(29-16)23-9-7-19(13-28-23)24(32)30(15-20-5-3-4-10-27-20)14-18-6-8-21(25)22(26)12-18/h3-13H,14-15H2,1-2H3. The van der Waals surface area contributed by atoms with Gasteiger partial charge < -0.3 is 4.90 Å². The van der Waals surface area contributed by atoms with Crippen LogP contribution in [0.3, 0.4) is 0 Å². The molecule has 0 saturated carbocycles. The molecule has 0 atom stereocenters. The minimum Gasteiger partial charge on any atom is -0.328 e. The van der Waals surface area contributed by atoms with Crippen LogP contribution in [-0.4, -0.2) is 30.6 Å². The summed E-state index contributed by atoms with van der Waals surface area (Å²) < 4.78 is 1.75. The van der Waals surface area contributed by atoms with Crippen molar-refractivity contribution in [2.75, 3.05) is 0 Å². The van der Waals surface area contributed by atoms with Crippen LogP contribution in [0.4, 0.5) is 0 Å². The molecule has 0 unspecified atom stereocenters. The highest BCUT2D eigenvalue weighted by atomic mass is 35.5. The van der Waals surface area contributed by atoms with E-state index >= 15 is 0 Å². The predicted molar refractivity (Wildman–Crippen MR) is 125 cm³/mol. The van der Waals surface area contributed by atoms with Gasteiger partial charge in [0.25, 0.3) is 5.91 Å². The van der Waals surface area contributed by atoms with E-state index in [1.165, 1.54) is 0 Å². The number of amides is 1. The third kappa shape index (κ3) is 4.98. The number of hydrogen-bond acceptors (Lipinski definition) is 4. The predicted octanol–water partition coefficient (Wildman–Crippen LogP) is 5.43. The lowest BCUT2D eigenvalue weighted by Crippen LogP contribution is -2.30. The van der Waals surface area contributed by atoms with Crippen molar-refractivity contribution in [2.45, 2.75) is 26.9 Å². The molecule has 0 aliphatic carbocycles. The maximum Gasteiger partial charge on any atom is 0.256 e. The van der Waals surface area contributed by atoms with Gasteiger partial charge in [0, 0.05) is 24.6 Å². The van der Waals surface area contributed by atoms with Crippen LogP contribution in [0.15, 0.2) is 67.0 Å². The lowest BCUT2D eigenvalue weighted by atomic mass is 10.1. The van der Waals surface area contributed by atoms with Gasteiger partial charge in [-0.3, -0.25) is 9.78 Å². The number of pyridine rings is 2. The second kappa shape index (κ2) is 9.51. The summed E-state index contributed by atoms with van der Waals surface area (Å²) in [6.07, 6.45) is 3.29. The molecule has 0 fully saturated rings. The lowest BCUT2D eigenvalue weighted by molar-refractivity contribution is 0.0727. The molecular weight excluding hydrogens is 445 g/mol. The summed E-state index contributed by atoms with van der Waals surface area (Å²) in [4.78, 5) is 23.9. The maximum atomic E-state index is 13.4. The Labute approximate surface area is 196 Å². The fraction of sp³-hybridized carbons (Fsp3) is 0.167. The van der Waals surface area contributed by atoms with E-state index in [2.05, 4.69) is 15.1 Å². The molecule has 4 aromatic rings. The SMILES string of the molecule is Cc1cc(C)n(-c2ccc(C(=O)N(Cc3ccc(Cl)c(Cl)c3)Cc3ccccn3)cn2)n1. The van der Waals surface area contributed by atoms with E-state index in [1.54, 1.807) is 46.2 Å². The molecule has 3 aromatic heterocycles. The number of rotatable bonds is 6. The number of halogens is 2. The highest BCUT2D eigenvalue weighted by molar-refractivity contribution is 6.42. The number of carbonyl (C=O) groups excluding carboxylic acids is 1. The third-order valence-electron chi connectivity index (χ3n) is 4.95. The number of aryl methyl sites for hydroxylation is 2. The zero-order chi connectivity index (χ0) is 22.7. The van der Waals surface area contributed by atoms with Crippen molar-refractivity contribution in [1.29, 1.82) is 0 Å². The number of aromatic nitrogens is 4. The van der Waals surface area contributed by atoms with Crippen LogP contribution in [0.2, 0.25) is 10.0 Å². The third-order valence-corrected chi connectivity index (χ3v) is 5.68. The van der Waals surface area contributed by atoms with Gasteiger partial charge in [0.2, 0.25) is 0 Å². The molecule has 0 aliphatic rings. The molecule has 162 valence electrons. The molecule has 0 radical (unpaired) electrons. The fourth-order valence-corrected chi connectivity index (χ4v) is 3.75. The van der Waals surface area contributed by atoms with Gasteiger partial charge in [-0.15, -0.1) is 0 Å². The van der Waals surface area contributed by atoms with Gasteiger partial charge in [0.05, 0.1) is 33.5 Å². The van der Waals surface area contributed by atoms with Crippen LogP contribution in [0.5, 0.6) is 0 Å². The van der Waals surface area contributed by atoms with E-state index in [1.807, 2.05) is 44.2 Å². The fourth-order valence-electron chi connectivity index (χ4n) is 3.43. The van der Waals surface area contributed by atoms with Crippen LogP contribution in [-0.2, 0) is 13.1 Å². The van der Waals surface area contributed by atoms with E-state index in [0.29, 0.717) is 34.5 Å². The Morgan fingerprint density at radius 2 is 1.81 bits per heavy atom. The highest BCUT2D eigenvalue weighted by Gasteiger charge is 2.19. The smallest absolute Gasteiger partial charge is 0.256 e. The molecule has 0 saturated heterocycles. The summed E-state index contributed by atoms with van der Waals surface area (Å²) in [5, 5.41) is 5.37. The largest absolute Gasteiger partial charge is 0.328 e. The molecule has 4 rings (SSSR count). The first-order valence-corrected chi connectivity index (χ1v) is 10.8. The molecule has 6 nitrogen and oxygen atoms in total. The molecule has 0 aliphatic heterocycles. The van der Waals surface area contributed by atoms with Crippen molar-refractivity contribution < 1.29 is 4.79 Å². The molecule has 0 N–H and O–H groups in total. The van der Waals surface area contributed by atoms with E-state index < -0.39 is 0 Å². The molecule has 0 spiro atoms. The lowest BCUT2D eigenvalue weighted by Gasteiger charge is -2.23. The molecule has 8 heteroatoms. The second-order valence-corrected chi connectivity index (χ2v) is 8.29. The molecule has 32 heavy (non-hydrogen) atoms. The van der Waals surface area contributed by atoms with Gasteiger partial charge in [0.15, 0.2) is 5.82 Å². The Hall–Kier alpha value is -3.22. The maximum absolute atomic E-state index is 13.4. The summed E-state index contributed by atoms with van der Waals surface area (Å²) in [7, 11) is 0. The second-order valence-electron chi connectivity index (χ2n) is 7.47. The molecular formula is C24H21Cl2N5O. The quantitative estimate of drug-likeness (QED) is 0.380. The first-order valence-electron chi connectivity index (χ1n) is 10.0. The molecule has 3 heterocycles. The number of nitrogens with zero attached hydrogens (tertiary/aromatic N) is 5. The first-order chi connectivity index (χ1) is 15.4. The average molecular weight is 466 g/mol. The van der Waals surface area contributed by atoms with Crippen molar-refractivity contribution in [2.24, 2.45) is 0 Å². The van der Waals surface area contributed by atoms with Gasteiger partial charge >= 0.3 is 0 Å². The average Bonchev–Trinajstić information content (AvgIpc) is 3.14. The van der Waals surface area contributed by atoms with Crippen LogP contribution >= 0.6 is 23.2 Å². The monoisotopic (exact) mass is 465 g/mol. The molecule has 1 amide bonds. The van der Waals surface area contributed by atoms with Gasteiger partial charge in [-0.1, -0.05) is 35.3 Å². The van der Waals surface area contributed by atoms with Crippen molar-refractivity contribution in [3.63, 3.8) is 0 Å². The number of benzene rings is 1. The molecule has 1 aromatic carbocycles. The Morgan fingerprint density at radius 3 is 2.44 bits per heavy atom. The summed E-state index contributed by atoms with van der Waals surface area (Å²) >= 11 is 12.2. The van der Waals surface area contributed by atoms with Crippen molar-refractivity contribution >= 4 is 29.1 Å². The van der Waals surface area contributed by atoms with E-state index in [-0.39, 0.29) is 5.91 Å². The van der Waals surface area contributed by atoms with Gasteiger partial charge in [0.1, 0.15) is 0 Å². The zero-order valence-electron chi connectivity index (χ0n) is 17.7. The van der Waals surface area contributed by atoms with Crippen LogP contribution < -0.4 is 0 Å². The minimum absolute atomic E-state index is 0.158. The Kier molecular flexibility index (Phi) is 6.53. The van der Waals surface area contributed by atoms with E-state index in [0.717, 1.165) is 22.6 Å². The normalized spacial score (nSPS) is 10.9. The van der Waals surface area contributed by atoms with Crippen LogP contribution in [0, 0.1) is 13.8 Å². The van der Waals surface area contributed by atoms with Gasteiger partial charge in [-0.05, 0) is 61.9 Å². The summed E-state index contributed by atoms with van der Waals surface area (Å²) in [5.74, 6) is 0.502. The molecule has 0 bridgehead atoms. The highest BCUT2D eigenvalue weighted by Crippen LogP contribution is 2.24. The summed E-state index contributed by atoms with van der Waals surface area (Å²) in [6, 6.07) is 16.5. The number of carbonyl (C=O) groups is 1.